The summed E-state index contributed by atoms with van der Waals surface area (Å²) in [6, 6.07) is 12.6. The highest BCUT2D eigenvalue weighted by Crippen LogP contribution is 2.14. The van der Waals surface area contributed by atoms with Gasteiger partial charge in [0.25, 0.3) is 0 Å². The predicted octanol–water partition coefficient (Wildman–Crippen LogP) is 3.39. The molecule has 1 N–H and O–H groups in total. The molecule has 0 spiro atoms. The van der Waals surface area contributed by atoms with Gasteiger partial charge in [-0.05, 0) is 42.5 Å². The highest BCUT2D eigenvalue weighted by molar-refractivity contribution is 5.45. The number of rotatable bonds is 2. The zero-order chi connectivity index (χ0) is 13.7. The second kappa shape index (κ2) is 5.87. The largest absolute Gasteiger partial charge is 0.508 e. The number of benzene rings is 2. The van der Waals surface area contributed by atoms with Crippen molar-refractivity contribution in [3.05, 3.63) is 59.7 Å². The molecule has 0 aliphatic heterocycles. The van der Waals surface area contributed by atoms with Crippen LogP contribution in [-0.2, 0) is 0 Å². The summed E-state index contributed by atoms with van der Waals surface area (Å²) in [5.74, 6) is 5.97. The Hall–Kier alpha value is -2.54. The summed E-state index contributed by atoms with van der Waals surface area (Å²) in [6.45, 7) is -2.83. The van der Waals surface area contributed by atoms with E-state index in [0.717, 1.165) is 0 Å². The summed E-state index contributed by atoms with van der Waals surface area (Å²) in [6.07, 6.45) is 0. The van der Waals surface area contributed by atoms with E-state index in [9.17, 15) is 13.9 Å². The van der Waals surface area contributed by atoms with Crippen LogP contribution < -0.4 is 4.74 Å². The third-order valence-electron chi connectivity index (χ3n) is 2.28. The maximum absolute atomic E-state index is 12.0. The zero-order valence-electron chi connectivity index (χ0n) is 9.81. The minimum atomic E-state index is -2.83. The number of hydrogen-bond acceptors (Lipinski definition) is 2. The lowest BCUT2D eigenvalue weighted by Gasteiger charge is -2.03. The van der Waals surface area contributed by atoms with Gasteiger partial charge in [0, 0.05) is 11.1 Å². The summed E-state index contributed by atoms with van der Waals surface area (Å²) in [5, 5.41) is 9.28. The van der Waals surface area contributed by atoms with E-state index in [4.69, 9.17) is 0 Å². The lowest BCUT2D eigenvalue weighted by atomic mass is 10.2. The molecule has 0 saturated heterocycles. The first-order valence-corrected chi connectivity index (χ1v) is 5.49. The minimum absolute atomic E-state index is 0.0953. The quantitative estimate of drug-likeness (QED) is 0.839. The Kier molecular flexibility index (Phi) is 3.99. The average Bonchev–Trinajstić information content (AvgIpc) is 2.37. The summed E-state index contributed by atoms with van der Waals surface area (Å²) in [5.41, 5.74) is 1.35. The molecule has 0 aliphatic carbocycles. The molecule has 0 atom stereocenters. The lowest BCUT2D eigenvalue weighted by Crippen LogP contribution is -2.01. The Morgan fingerprint density at radius 2 is 1.63 bits per heavy atom. The fraction of sp³-hybridized carbons (Fsp3) is 0.0667. The Morgan fingerprint density at radius 3 is 2.26 bits per heavy atom. The molecule has 0 amide bonds. The van der Waals surface area contributed by atoms with Gasteiger partial charge >= 0.3 is 6.61 Å². The van der Waals surface area contributed by atoms with Gasteiger partial charge in [-0.2, -0.15) is 8.78 Å². The topological polar surface area (TPSA) is 29.5 Å². The Balaban J connectivity index is 2.12. The monoisotopic (exact) mass is 260 g/mol. The van der Waals surface area contributed by atoms with E-state index in [-0.39, 0.29) is 11.5 Å². The molecule has 0 unspecified atom stereocenters. The van der Waals surface area contributed by atoms with Crippen molar-refractivity contribution in [1.82, 2.24) is 0 Å². The first-order valence-electron chi connectivity index (χ1n) is 5.49. The minimum Gasteiger partial charge on any atom is -0.508 e. The highest BCUT2D eigenvalue weighted by Gasteiger charge is 2.02. The molecule has 0 saturated carbocycles. The molecule has 4 heteroatoms. The van der Waals surface area contributed by atoms with Gasteiger partial charge in [-0.3, -0.25) is 0 Å². The van der Waals surface area contributed by atoms with Crippen LogP contribution in [0.2, 0.25) is 0 Å². The van der Waals surface area contributed by atoms with Gasteiger partial charge in [0.2, 0.25) is 0 Å². The molecular formula is C15H10F2O2. The van der Waals surface area contributed by atoms with Crippen molar-refractivity contribution in [1.29, 1.82) is 0 Å². The normalized spacial score (nSPS) is 9.84. The zero-order valence-corrected chi connectivity index (χ0v) is 9.81. The summed E-state index contributed by atoms with van der Waals surface area (Å²) >= 11 is 0. The molecule has 2 aromatic carbocycles. The SMILES string of the molecule is Oc1cccc(C#Cc2ccc(OC(F)F)cc2)c1. The summed E-state index contributed by atoms with van der Waals surface area (Å²) in [4.78, 5) is 0. The number of hydrogen-bond donors (Lipinski definition) is 1. The molecule has 0 radical (unpaired) electrons. The van der Waals surface area contributed by atoms with Crippen LogP contribution >= 0.6 is 0 Å². The van der Waals surface area contributed by atoms with Crippen LogP contribution in [-0.4, -0.2) is 11.7 Å². The lowest BCUT2D eigenvalue weighted by molar-refractivity contribution is -0.0498. The maximum Gasteiger partial charge on any atom is 0.387 e. The third kappa shape index (κ3) is 4.00. The first-order chi connectivity index (χ1) is 9.13. The molecule has 2 aromatic rings. The van der Waals surface area contributed by atoms with E-state index >= 15 is 0 Å². The number of halogens is 2. The molecule has 19 heavy (non-hydrogen) atoms. The number of aromatic hydroxyl groups is 1. The molecule has 2 rings (SSSR count). The second-order valence-electron chi connectivity index (χ2n) is 3.70. The number of ether oxygens (including phenoxy) is 1. The van der Waals surface area contributed by atoms with Gasteiger partial charge in [-0.25, -0.2) is 0 Å². The molecule has 0 bridgehead atoms. The molecule has 0 fully saturated rings. The van der Waals surface area contributed by atoms with Crippen LogP contribution in [0.15, 0.2) is 48.5 Å². The van der Waals surface area contributed by atoms with E-state index in [1.54, 1.807) is 36.4 Å². The van der Waals surface area contributed by atoms with Crippen LogP contribution in [0.1, 0.15) is 11.1 Å². The van der Waals surface area contributed by atoms with Crippen LogP contribution in [0.4, 0.5) is 8.78 Å². The number of phenols is 1. The fourth-order valence-electron chi connectivity index (χ4n) is 1.45. The van der Waals surface area contributed by atoms with Crippen molar-refractivity contribution in [3.63, 3.8) is 0 Å². The van der Waals surface area contributed by atoms with Crippen LogP contribution in [0.5, 0.6) is 11.5 Å². The van der Waals surface area contributed by atoms with Gasteiger partial charge in [0.1, 0.15) is 11.5 Å². The van der Waals surface area contributed by atoms with Gasteiger partial charge in [-0.1, -0.05) is 17.9 Å². The predicted molar refractivity (Wildman–Crippen MR) is 67.2 cm³/mol. The second-order valence-corrected chi connectivity index (χ2v) is 3.70. The van der Waals surface area contributed by atoms with Crippen molar-refractivity contribution >= 4 is 0 Å². The van der Waals surface area contributed by atoms with E-state index in [1.807, 2.05) is 0 Å². The molecule has 0 aromatic heterocycles. The molecule has 0 heterocycles. The van der Waals surface area contributed by atoms with E-state index in [0.29, 0.717) is 11.1 Å². The highest BCUT2D eigenvalue weighted by atomic mass is 19.3. The van der Waals surface area contributed by atoms with E-state index in [2.05, 4.69) is 16.6 Å². The Bertz CT molecular complexity index is 610. The van der Waals surface area contributed by atoms with Gasteiger partial charge in [-0.15, -0.1) is 0 Å². The molecule has 0 aliphatic rings. The van der Waals surface area contributed by atoms with Crippen molar-refractivity contribution in [3.8, 4) is 23.3 Å². The van der Waals surface area contributed by atoms with Crippen molar-refractivity contribution in [2.75, 3.05) is 0 Å². The maximum atomic E-state index is 12.0. The first kappa shape index (κ1) is 12.9. The van der Waals surface area contributed by atoms with Crippen molar-refractivity contribution in [2.45, 2.75) is 6.61 Å². The Labute approximate surface area is 109 Å². The standard InChI is InChI=1S/C15H10F2O2/c16-15(17)19-14-8-6-11(7-9-14)4-5-12-2-1-3-13(18)10-12/h1-3,6-10,15,18H. The van der Waals surface area contributed by atoms with Crippen molar-refractivity contribution in [2.24, 2.45) is 0 Å². The van der Waals surface area contributed by atoms with Gasteiger partial charge in [0.15, 0.2) is 0 Å². The number of phenolic OH excluding ortho intramolecular Hbond substituents is 1. The van der Waals surface area contributed by atoms with Crippen molar-refractivity contribution < 1.29 is 18.6 Å². The van der Waals surface area contributed by atoms with E-state index in [1.165, 1.54) is 12.1 Å². The summed E-state index contributed by atoms with van der Waals surface area (Å²) < 4.78 is 28.1. The molecule has 2 nitrogen and oxygen atoms in total. The van der Waals surface area contributed by atoms with Crippen LogP contribution in [0.3, 0.4) is 0 Å². The fourth-order valence-corrected chi connectivity index (χ4v) is 1.45. The summed E-state index contributed by atoms with van der Waals surface area (Å²) in [7, 11) is 0. The molecular weight excluding hydrogens is 250 g/mol. The Morgan fingerprint density at radius 1 is 0.947 bits per heavy atom. The number of alkyl halides is 2. The van der Waals surface area contributed by atoms with Crippen LogP contribution in [0, 0.1) is 11.8 Å². The van der Waals surface area contributed by atoms with Crippen LogP contribution in [0.25, 0.3) is 0 Å². The molecule has 96 valence electrons. The third-order valence-corrected chi connectivity index (χ3v) is 2.28. The van der Waals surface area contributed by atoms with Gasteiger partial charge in [0.05, 0.1) is 0 Å². The van der Waals surface area contributed by atoms with E-state index < -0.39 is 6.61 Å². The van der Waals surface area contributed by atoms with Gasteiger partial charge < -0.3 is 9.84 Å². The average molecular weight is 260 g/mol. The smallest absolute Gasteiger partial charge is 0.387 e.